The maximum atomic E-state index is 13.9. The van der Waals surface area contributed by atoms with Gasteiger partial charge in [-0.25, -0.2) is 14.2 Å². The number of fused-ring (bicyclic) bond motifs is 3. The van der Waals surface area contributed by atoms with Crippen LogP contribution in [0.25, 0.3) is 0 Å². The summed E-state index contributed by atoms with van der Waals surface area (Å²) in [5.74, 6) is 0.463. The molecule has 0 fully saturated rings. The number of hydrogen-bond acceptors (Lipinski definition) is 3. The molecule has 0 saturated heterocycles. The molecule has 5 nitrogen and oxygen atoms in total. The maximum absolute atomic E-state index is 13.9. The lowest BCUT2D eigenvalue weighted by Gasteiger charge is -2.32. The Balaban J connectivity index is 1.77. The van der Waals surface area contributed by atoms with Crippen LogP contribution in [-0.2, 0) is 0 Å². The molecule has 2 heterocycles. The molecule has 0 spiro atoms. The Morgan fingerprint density at radius 1 is 1.29 bits per heavy atom. The molecular weight excluding hydrogens is 357 g/mol. The van der Waals surface area contributed by atoms with Crippen molar-refractivity contribution in [1.29, 1.82) is 0 Å². The topological polar surface area (TPSA) is 45.1 Å². The maximum Gasteiger partial charge on any atom is 0.340 e. The molecule has 0 saturated carbocycles. The molecule has 146 valence electrons. The molecule has 2 aromatic carbocycles. The van der Waals surface area contributed by atoms with Crippen LogP contribution in [0.5, 0.6) is 5.75 Å². The first-order valence-electron chi connectivity index (χ1n) is 9.56. The molecule has 28 heavy (non-hydrogen) atoms. The summed E-state index contributed by atoms with van der Waals surface area (Å²) < 4.78 is 19.8. The van der Waals surface area contributed by atoms with E-state index < -0.39 is 0 Å². The smallest absolute Gasteiger partial charge is 0.340 e. The average Bonchev–Trinajstić information content (AvgIpc) is 3.07. The molecule has 4 rings (SSSR count). The first-order chi connectivity index (χ1) is 13.5. The van der Waals surface area contributed by atoms with Gasteiger partial charge in [0.15, 0.2) is 0 Å². The standard InChI is InChI=1S/C22H24FN3O2/c1-14(2)12-25(3)22(27)26-21(15-7-5-4-6-8-15)18-13-28-19-10-9-16(23)11-17(19)20(18)24-26/h4-11,14,18,21H,12-13H2,1-3H3/t18-,21+/m0/s1. The van der Waals surface area contributed by atoms with Crippen molar-refractivity contribution >= 4 is 11.7 Å². The molecule has 2 aromatic rings. The molecule has 0 unspecified atom stereocenters. The summed E-state index contributed by atoms with van der Waals surface area (Å²) in [6, 6.07) is 13.8. The number of hydrazone groups is 1. The Kier molecular flexibility index (Phi) is 4.79. The van der Waals surface area contributed by atoms with Crippen LogP contribution in [0.3, 0.4) is 0 Å². The Labute approximate surface area is 164 Å². The number of amides is 2. The van der Waals surface area contributed by atoms with Crippen molar-refractivity contribution in [3.63, 3.8) is 0 Å². The highest BCUT2D eigenvalue weighted by Gasteiger charge is 2.45. The second-order valence-electron chi connectivity index (χ2n) is 7.80. The molecule has 0 bridgehead atoms. The third kappa shape index (κ3) is 3.23. The molecule has 2 aliphatic rings. The molecule has 0 radical (unpaired) electrons. The minimum absolute atomic E-state index is 0.145. The number of nitrogens with zero attached hydrogens (tertiary/aromatic N) is 3. The van der Waals surface area contributed by atoms with E-state index in [1.807, 2.05) is 30.3 Å². The number of hydrogen-bond donors (Lipinski definition) is 0. The summed E-state index contributed by atoms with van der Waals surface area (Å²) in [5, 5.41) is 6.23. The van der Waals surface area contributed by atoms with Gasteiger partial charge in [0.05, 0.1) is 24.3 Å². The lowest BCUT2D eigenvalue weighted by molar-refractivity contribution is 0.130. The summed E-state index contributed by atoms with van der Waals surface area (Å²) in [6.07, 6.45) is 0. The van der Waals surface area contributed by atoms with Crippen molar-refractivity contribution in [1.82, 2.24) is 9.91 Å². The fourth-order valence-electron chi connectivity index (χ4n) is 3.99. The van der Waals surface area contributed by atoms with E-state index in [1.54, 1.807) is 23.0 Å². The van der Waals surface area contributed by atoms with E-state index in [0.29, 0.717) is 36.1 Å². The molecule has 0 N–H and O–H groups in total. The summed E-state index contributed by atoms with van der Waals surface area (Å²) >= 11 is 0. The first kappa shape index (κ1) is 18.5. The SMILES string of the molecule is CC(C)CN(C)C(=O)N1N=C2c3cc(F)ccc3OC[C@@H]2[C@H]1c1ccccc1. The van der Waals surface area contributed by atoms with E-state index in [2.05, 4.69) is 13.8 Å². The van der Waals surface area contributed by atoms with E-state index in [4.69, 9.17) is 9.84 Å². The zero-order chi connectivity index (χ0) is 19.8. The lowest BCUT2D eigenvalue weighted by Crippen LogP contribution is -2.42. The van der Waals surface area contributed by atoms with Gasteiger partial charge in [0.2, 0.25) is 0 Å². The van der Waals surface area contributed by atoms with Gasteiger partial charge in [-0.15, -0.1) is 0 Å². The predicted molar refractivity (Wildman–Crippen MR) is 106 cm³/mol. The van der Waals surface area contributed by atoms with Crippen molar-refractivity contribution in [3.05, 3.63) is 65.5 Å². The van der Waals surface area contributed by atoms with Gasteiger partial charge in [0.25, 0.3) is 0 Å². The average molecular weight is 381 g/mol. The number of carbonyl (C=O) groups excluding carboxylic acids is 1. The van der Waals surface area contributed by atoms with Crippen molar-refractivity contribution < 1.29 is 13.9 Å². The Morgan fingerprint density at radius 2 is 2.04 bits per heavy atom. The number of carbonyl (C=O) groups is 1. The van der Waals surface area contributed by atoms with Gasteiger partial charge in [-0.05, 0) is 29.7 Å². The van der Waals surface area contributed by atoms with Crippen LogP contribution in [0, 0.1) is 17.7 Å². The Hall–Kier alpha value is -2.89. The van der Waals surface area contributed by atoms with Gasteiger partial charge in [0, 0.05) is 19.2 Å². The van der Waals surface area contributed by atoms with Crippen molar-refractivity contribution in [2.75, 3.05) is 20.2 Å². The van der Waals surface area contributed by atoms with Gasteiger partial charge in [0.1, 0.15) is 11.6 Å². The summed E-state index contributed by atoms with van der Waals surface area (Å²) in [4.78, 5) is 14.9. The fraction of sp³-hybridized carbons (Fsp3) is 0.364. The normalized spacial score (nSPS) is 20.3. The van der Waals surface area contributed by atoms with Gasteiger partial charge in [-0.2, -0.15) is 5.10 Å². The quantitative estimate of drug-likeness (QED) is 0.796. The Bertz CT molecular complexity index is 913. The number of benzene rings is 2. The van der Waals surface area contributed by atoms with Crippen molar-refractivity contribution in [2.24, 2.45) is 16.9 Å². The molecule has 2 aliphatic heterocycles. The molecule has 6 heteroatoms. The number of urea groups is 1. The first-order valence-corrected chi connectivity index (χ1v) is 9.56. The molecule has 0 aromatic heterocycles. The van der Waals surface area contributed by atoms with Crippen molar-refractivity contribution in [2.45, 2.75) is 19.9 Å². The molecular formula is C22H24FN3O2. The highest BCUT2D eigenvalue weighted by atomic mass is 19.1. The lowest BCUT2D eigenvalue weighted by atomic mass is 9.86. The third-order valence-electron chi connectivity index (χ3n) is 5.15. The van der Waals surface area contributed by atoms with Crippen LogP contribution in [0.2, 0.25) is 0 Å². The number of rotatable bonds is 3. The molecule has 2 amide bonds. The largest absolute Gasteiger partial charge is 0.492 e. The van der Waals surface area contributed by atoms with Crippen LogP contribution in [0.4, 0.5) is 9.18 Å². The number of halogens is 1. The van der Waals surface area contributed by atoms with Gasteiger partial charge in [-0.1, -0.05) is 44.2 Å². The van der Waals surface area contributed by atoms with E-state index in [-0.39, 0.29) is 23.8 Å². The van der Waals surface area contributed by atoms with E-state index in [0.717, 1.165) is 5.56 Å². The van der Waals surface area contributed by atoms with Crippen LogP contribution in [0.1, 0.15) is 31.0 Å². The summed E-state index contributed by atoms with van der Waals surface area (Å²) in [7, 11) is 1.79. The highest BCUT2D eigenvalue weighted by molar-refractivity contribution is 6.07. The highest BCUT2D eigenvalue weighted by Crippen LogP contribution is 2.42. The van der Waals surface area contributed by atoms with Gasteiger partial charge < -0.3 is 9.64 Å². The minimum atomic E-state index is -0.344. The van der Waals surface area contributed by atoms with E-state index in [1.165, 1.54) is 12.1 Å². The monoisotopic (exact) mass is 381 g/mol. The zero-order valence-corrected chi connectivity index (χ0v) is 16.3. The molecule has 2 atom stereocenters. The second-order valence-corrected chi connectivity index (χ2v) is 7.80. The zero-order valence-electron chi connectivity index (χ0n) is 16.3. The molecule has 0 aliphatic carbocycles. The van der Waals surface area contributed by atoms with Crippen LogP contribution in [0.15, 0.2) is 53.6 Å². The van der Waals surface area contributed by atoms with Crippen molar-refractivity contribution in [3.8, 4) is 5.75 Å². The fourth-order valence-corrected chi connectivity index (χ4v) is 3.99. The Morgan fingerprint density at radius 3 is 2.75 bits per heavy atom. The summed E-state index contributed by atoms with van der Waals surface area (Å²) in [6.45, 7) is 5.17. The minimum Gasteiger partial charge on any atom is -0.492 e. The van der Waals surface area contributed by atoms with Gasteiger partial charge >= 0.3 is 6.03 Å². The number of ether oxygens (including phenoxy) is 1. The van der Waals surface area contributed by atoms with Crippen LogP contribution >= 0.6 is 0 Å². The third-order valence-corrected chi connectivity index (χ3v) is 5.15. The van der Waals surface area contributed by atoms with E-state index >= 15 is 0 Å². The van der Waals surface area contributed by atoms with Gasteiger partial charge in [-0.3, -0.25) is 0 Å². The van der Waals surface area contributed by atoms with Crippen LogP contribution < -0.4 is 4.74 Å². The second kappa shape index (κ2) is 7.26. The summed E-state index contributed by atoms with van der Waals surface area (Å²) in [5.41, 5.74) is 2.32. The predicted octanol–water partition coefficient (Wildman–Crippen LogP) is 4.30. The van der Waals surface area contributed by atoms with Crippen LogP contribution in [-0.4, -0.2) is 41.9 Å². The van der Waals surface area contributed by atoms with E-state index in [9.17, 15) is 9.18 Å².